The van der Waals surface area contributed by atoms with Crippen LogP contribution >= 0.6 is 0 Å². The van der Waals surface area contributed by atoms with Gasteiger partial charge in [0.15, 0.2) is 0 Å². The Balaban J connectivity index is 1.73. The van der Waals surface area contributed by atoms with Crippen molar-refractivity contribution in [1.29, 1.82) is 0 Å². The number of aromatic amines is 1. The number of benzene rings is 2. The van der Waals surface area contributed by atoms with E-state index in [4.69, 9.17) is 9.47 Å². The number of carbonyl (C=O) groups is 3. The van der Waals surface area contributed by atoms with Gasteiger partial charge in [-0.2, -0.15) is 0 Å². The number of carbonyl (C=O) groups excluding carboxylic acids is 3. The number of alkyl carbamates (subject to hydrolysis) is 1. The lowest BCUT2D eigenvalue weighted by Gasteiger charge is -2.20. The second-order valence-electron chi connectivity index (χ2n) is 9.01. The third-order valence-electron chi connectivity index (χ3n) is 5.01. The minimum absolute atomic E-state index is 0.0141. The van der Waals surface area contributed by atoms with Crippen LogP contribution in [0.25, 0.3) is 10.9 Å². The van der Waals surface area contributed by atoms with E-state index in [2.05, 4.69) is 15.6 Å². The smallest absolute Gasteiger partial charge is 0.407 e. The van der Waals surface area contributed by atoms with Crippen LogP contribution in [0.2, 0.25) is 0 Å². The summed E-state index contributed by atoms with van der Waals surface area (Å²) in [5.74, 6) is -1.60. The van der Waals surface area contributed by atoms with Crippen molar-refractivity contribution in [2.45, 2.75) is 45.3 Å². The highest BCUT2D eigenvalue weighted by atomic mass is 16.6. The van der Waals surface area contributed by atoms with E-state index in [9.17, 15) is 24.5 Å². The number of amides is 2. The predicted octanol–water partition coefficient (Wildman–Crippen LogP) is 3.62. The maximum Gasteiger partial charge on any atom is 0.407 e. The average molecular weight is 497 g/mol. The van der Waals surface area contributed by atoms with Crippen LogP contribution in [0.4, 0.5) is 10.5 Å². The van der Waals surface area contributed by atoms with E-state index in [0.717, 1.165) is 16.5 Å². The molecule has 1 aromatic heterocycles. The molecule has 0 bridgehead atoms. The molecule has 36 heavy (non-hydrogen) atoms. The molecule has 11 nitrogen and oxygen atoms in total. The third kappa shape index (κ3) is 7.29. The summed E-state index contributed by atoms with van der Waals surface area (Å²) in [4.78, 5) is 51.2. The van der Waals surface area contributed by atoms with E-state index in [-0.39, 0.29) is 30.8 Å². The molecule has 0 aliphatic heterocycles. The minimum atomic E-state index is -1.14. The highest BCUT2D eigenvalue weighted by Crippen LogP contribution is 2.27. The molecule has 0 saturated carbocycles. The van der Waals surface area contributed by atoms with Crippen molar-refractivity contribution < 1.29 is 28.8 Å². The van der Waals surface area contributed by atoms with Gasteiger partial charge in [0.05, 0.1) is 4.92 Å². The van der Waals surface area contributed by atoms with E-state index >= 15 is 0 Å². The fourth-order valence-corrected chi connectivity index (χ4v) is 3.45. The number of para-hydroxylation sites is 3. The van der Waals surface area contributed by atoms with Crippen molar-refractivity contribution in [2.75, 3.05) is 6.54 Å². The van der Waals surface area contributed by atoms with Crippen LogP contribution in [0.5, 0.6) is 5.75 Å². The summed E-state index contributed by atoms with van der Waals surface area (Å²) >= 11 is 0. The number of hydrogen-bond donors (Lipinski definition) is 3. The molecule has 2 aromatic carbocycles. The van der Waals surface area contributed by atoms with Gasteiger partial charge in [0.1, 0.15) is 11.6 Å². The molecule has 0 fully saturated rings. The number of nitrogens with zero attached hydrogens (tertiary/aromatic N) is 1. The predicted molar refractivity (Wildman–Crippen MR) is 132 cm³/mol. The van der Waals surface area contributed by atoms with Crippen LogP contribution < -0.4 is 15.4 Å². The largest absolute Gasteiger partial charge is 0.444 e. The average Bonchev–Trinajstić information content (AvgIpc) is 3.20. The molecule has 0 radical (unpaired) electrons. The van der Waals surface area contributed by atoms with Crippen molar-refractivity contribution in [3.63, 3.8) is 0 Å². The molecule has 0 aliphatic carbocycles. The Bertz CT molecular complexity index is 1260. The molecule has 0 unspecified atom stereocenters. The zero-order valence-corrected chi connectivity index (χ0v) is 20.2. The van der Waals surface area contributed by atoms with Gasteiger partial charge in [-0.15, -0.1) is 0 Å². The normalized spacial score (nSPS) is 12.0. The van der Waals surface area contributed by atoms with E-state index in [0.29, 0.717) is 0 Å². The third-order valence-corrected chi connectivity index (χ3v) is 5.01. The van der Waals surface area contributed by atoms with Crippen LogP contribution in [-0.2, 0) is 20.7 Å². The first-order valence-corrected chi connectivity index (χ1v) is 11.3. The molecule has 1 heterocycles. The van der Waals surface area contributed by atoms with Crippen molar-refractivity contribution >= 4 is 34.6 Å². The van der Waals surface area contributed by atoms with E-state index in [1.54, 1.807) is 27.0 Å². The Hall–Kier alpha value is -4.41. The SMILES string of the molecule is CC(C)(C)OC(=O)NCCC(=O)N[C@@H](Cc1c[nH]c2ccccc12)C(=O)Oc1ccccc1[N+](=O)[O-]. The number of esters is 1. The zero-order chi connectivity index (χ0) is 26.3. The molecular formula is C25H28N4O7. The van der Waals surface area contributed by atoms with E-state index < -0.39 is 34.5 Å². The monoisotopic (exact) mass is 496 g/mol. The van der Waals surface area contributed by atoms with Crippen LogP contribution in [0.15, 0.2) is 54.7 Å². The van der Waals surface area contributed by atoms with Crippen LogP contribution in [0.1, 0.15) is 32.8 Å². The molecule has 1 atom stereocenters. The van der Waals surface area contributed by atoms with Gasteiger partial charge in [0.25, 0.3) is 0 Å². The topological polar surface area (TPSA) is 153 Å². The molecule has 3 rings (SSSR count). The van der Waals surface area contributed by atoms with Crippen LogP contribution in [0, 0.1) is 10.1 Å². The number of rotatable bonds is 9. The quantitative estimate of drug-likeness (QED) is 0.177. The Morgan fingerprint density at radius 1 is 1.08 bits per heavy atom. The molecule has 0 spiro atoms. The van der Waals surface area contributed by atoms with Crippen LogP contribution in [-0.4, -0.2) is 46.1 Å². The number of ether oxygens (including phenoxy) is 2. The first kappa shape index (κ1) is 26.2. The fraction of sp³-hybridized carbons (Fsp3) is 0.320. The maximum atomic E-state index is 13.1. The molecule has 3 aromatic rings. The minimum Gasteiger partial charge on any atom is -0.444 e. The van der Waals surface area contributed by atoms with Gasteiger partial charge in [-0.1, -0.05) is 30.3 Å². The van der Waals surface area contributed by atoms with Gasteiger partial charge in [0, 0.05) is 42.6 Å². The van der Waals surface area contributed by atoms with Gasteiger partial charge < -0.3 is 25.1 Å². The molecule has 0 aliphatic rings. The molecule has 0 saturated heterocycles. The van der Waals surface area contributed by atoms with Gasteiger partial charge in [0.2, 0.25) is 11.7 Å². The highest BCUT2D eigenvalue weighted by Gasteiger charge is 2.27. The van der Waals surface area contributed by atoms with Crippen molar-refractivity contribution in [2.24, 2.45) is 0 Å². The van der Waals surface area contributed by atoms with E-state index in [1.165, 1.54) is 24.3 Å². The summed E-state index contributed by atoms with van der Waals surface area (Å²) in [7, 11) is 0. The Kier molecular flexibility index (Phi) is 8.26. The second kappa shape index (κ2) is 11.3. The summed E-state index contributed by atoms with van der Waals surface area (Å²) in [6.07, 6.45) is 1.02. The van der Waals surface area contributed by atoms with Crippen LogP contribution in [0.3, 0.4) is 0 Å². The molecule has 2 amide bonds. The Morgan fingerprint density at radius 3 is 2.50 bits per heavy atom. The molecule has 190 valence electrons. The van der Waals surface area contributed by atoms with Gasteiger partial charge >= 0.3 is 17.7 Å². The van der Waals surface area contributed by atoms with E-state index in [1.807, 2.05) is 24.3 Å². The Labute approximate surface area is 207 Å². The number of hydrogen-bond acceptors (Lipinski definition) is 7. The summed E-state index contributed by atoms with van der Waals surface area (Å²) in [6, 6.07) is 11.8. The van der Waals surface area contributed by atoms with Crippen molar-refractivity contribution in [1.82, 2.24) is 15.6 Å². The van der Waals surface area contributed by atoms with Gasteiger partial charge in [-0.25, -0.2) is 9.59 Å². The lowest BCUT2D eigenvalue weighted by Crippen LogP contribution is -2.45. The maximum absolute atomic E-state index is 13.1. The molecular weight excluding hydrogens is 468 g/mol. The zero-order valence-electron chi connectivity index (χ0n) is 20.2. The van der Waals surface area contributed by atoms with Gasteiger partial charge in [-0.3, -0.25) is 14.9 Å². The number of fused-ring (bicyclic) bond motifs is 1. The summed E-state index contributed by atoms with van der Waals surface area (Å²) in [5.41, 5.74) is 0.554. The first-order chi connectivity index (χ1) is 17.0. The highest BCUT2D eigenvalue weighted by molar-refractivity contribution is 5.88. The lowest BCUT2D eigenvalue weighted by molar-refractivity contribution is -0.385. The summed E-state index contributed by atoms with van der Waals surface area (Å²) in [5, 5.41) is 17.3. The number of aromatic nitrogens is 1. The number of nitro groups is 1. The first-order valence-electron chi connectivity index (χ1n) is 11.3. The molecule has 3 N–H and O–H groups in total. The summed E-state index contributed by atoms with van der Waals surface area (Å²) in [6.45, 7) is 5.14. The van der Waals surface area contributed by atoms with Crippen molar-refractivity contribution in [3.8, 4) is 5.75 Å². The van der Waals surface area contributed by atoms with Gasteiger partial charge in [-0.05, 0) is 38.5 Å². The standard InChI is InChI=1S/C25H28N4O7/c1-25(2,3)36-24(32)26-13-12-22(30)28-19(14-16-15-27-18-9-5-4-8-17(16)18)23(31)35-21-11-7-6-10-20(21)29(33)34/h4-11,15,19,27H,12-14H2,1-3H3,(H,26,32)(H,28,30)/t19-/m0/s1. The second-order valence-corrected chi connectivity index (χ2v) is 9.01. The fourth-order valence-electron chi connectivity index (χ4n) is 3.45. The Morgan fingerprint density at radius 2 is 1.78 bits per heavy atom. The lowest BCUT2D eigenvalue weighted by atomic mass is 10.0. The number of H-pyrrole nitrogens is 1. The van der Waals surface area contributed by atoms with Crippen molar-refractivity contribution in [3.05, 3.63) is 70.4 Å². The summed E-state index contributed by atoms with van der Waals surface area (Å²) < 4.78 is 10.5. The number of nitrogens with one attached hydrogen (secondary N) is 3. The number of nitro benzene ring substituents is 1. The molecule has 11 heteroatoms.